The van der Waals surface area contributed by atoms with Crippen molar-refractivity contribution < 1.29 is 4.58 Å². The molecule has 0 aromatic carbocycles. The summed E-state index contributed by atoms with van der Waals surface area (Å²) >= 11 is 6.28. The lowest BCUT2D eigenvalue weighted by atomic mass is 10.3. The van der Waals surface area contributed by atoms with E-state index in [1.165, 1.54) is 25.7 Å². The van der Waals surface area contributed by atoms with Crippen LogP contribution in [0.25, 0.3) is 0 Å². The normalized spacial score (nSPS) is 16.9. The quantitative estimate of drug-likeness (QED) is 0.490. The first-order valence-corrected chi connectivity index (χ1v) is 6.19. The number of amidine groups is 1. The minimum absolute atomic E-state index is 0.979. The fourth-order valence-corrected chi connectivity index (χ4v) is 2.07. The van der Waals surface area contributed by atoms with Crippen LogP contribution in [0.3, 0.4) is 0 Å². The van der Waals surface area contributed by atoms with Gasteiger partial charge in [-0.25, -0.2) is 9.48 Å². The van der Waals surface area contributed by atoms with E-state index in [1.54, 1.807) is 0 Å². The molecule has 14 heavy (non-hydrogen) atoms. The maximum Gasteiger partial charge on any atom is 0.345 e. The molecule has 0 saturated carbocycles. The van der Waals surface area contributed by atoms with Gasteiger partial charge in [0.25, 0.3) is 0 Å². The van der Waals surface area contributed by atoms with Gasteiger partial charge in [-0.3, -0.25) is 0 Å². The van der Waals surface area contributed by atoms with E-state index in [4.69, 9.17) is 11.6 Å². The molecule has 1 rings (SSSR count). The summed E-state index contributed by atoms with van der Waals surface area (Å²) < 4.78 is 2.31. The van der Waals surface area contributed by atoms with Crippen LogP contribution in [0.5, 0.6) is 0 Å². The highest BCUT2D eigenvalue weighted by Gasteiger charge is 2.27. The van der Waals surface area contributed by atoms with Gasteiger partial charge in [-0.2, -0.15) is 0 Å². The van der Waals surface area contributed by atoms with Crippen LogP contribution in [0.2, 0.25) is 0 Å². The Kier molecular flexibility index (Phi) is 5.31. The largest absolute Gasteiger partial charge is 0.345 e. The fourth-order valence-electron chi connectivity index (χ4n) is 1.73. The molecular formula is C11H22ClN2+. The number of rotatable bonds is 6. The van der Waals surface area contributed by atoms with Gasteiger partial charge in [0.1, 0.15) is 13.1 Å². The van der Waals surface area contributed by atoms with Crippen LogP contribution in [-0.4, -0.2) is 40.9 Å². The van der Waals surface area contributed by atoms with Crippen LogP contribution < -0.4 is 0 Å². The SMILES string of the molecule is CCCCN1CC[N+](CCCC)=C1Cl. The lowest BCUT2D eigenvalue weighted by Gasteiger charge is -2.07. The van der Waals surface area contributed by atoms with Gasteiger partial charge in [-0.05, 0) is 12.8 Å². The molecule has 1 heterocycles. The number of hydrogen-bond acceptors (Lipinski definition) is 1. The Morgan fingerprint density at radius 2 is 2.00 bits per heavy atom. The maximum absolute atomic E-state index is 6.28. The number of unbranched alkanes of at least 4 members (excludes halogenated alkanes) is 2. The van der Waals surface area contributed by atoms with Crippen LogP contribution in [0, 0.1) is 0 Å². The molecule has 0 N–H and O–H groups in total. The van der Waals surface area contributed by atoms with Crippen molar-refractivity contribution in [1.29, 1.82) is 0 Å². The van der Waals surface area contributed by atoms with Crippen LogP contribution in [0.15, 0.2) is 0 Å². The van der Waals surface area contributed by atoms with Gasteiger partial charge in [0.05, 0.1) is 13.1 Å². The number of nitrogens with zero attached hydrogens (tertiary/aromatic N) is 2. The summed E-state index contributed by atoms with van der Waals surface area (Å²) in [6, 6.07) is 0. The molecule has 0 fully saturated rings. The van der Waals surface area contributed by atoms with Crippen molar-refractivity contribution in [1.82, 2.24) is 4.90 Å². The van der Waals surface area contributed by atoms with Crippen LogP contribution >= 0.6 is 11.6 Å². The second-order valence-electron chi connectivity index (χ2n) is 3.95. The van der Waals surface area contributed by atoms with Gasteiger partial charge in [-0.1, -0.05) is 26.7 Å². The molecule has 2 nitrogen and oxygen atoms in total. The molecule has 0 aromatic rings. The van der Waals surface area contributed by atoms with E-state index in [1.807, 2.05) is 0 Å². The van der Waals surface area contributed by atoms with Crippen molar-refractivity contribution in [2.24, 2.45) is 0 Å². The third kappa shape index (κ3) is 3.16. The molecule has 0 radical (unpaired) electrons. The summed E-state index contributed by atoms with van der Waals surface area (Å²) in [4.78, 5) is 2.31. The topological polar surface area (TPSA) is 6.25 Å². The monoisotopic (exact) mass is 217 g/mol. The van der Waals surface area contributed by atoms with E-state index in [-0.39, 0.29) is 0 Å². The third-order valence-electron chi connectivity index (χ3n) is 2.72. The Balaban J connectivity index is 2.38. The van der Waals surface area contributed by atoms with E-state index in [0.717, 1.165) is 31.5 Å². The van der Waals surface area contributed by atoms with Crippen molar-refractivity contribution >= 4 is 16.9 Å². The molecule has 0 atom stereocenters. The van der Waals surface area contributed by atoms with Gasteiger partial charge in [0, 0.05) is 11.6 Å². The highest BCUT2D eigenvalue weighted by Crippen LogP contribution is 2.08. The smallest absolute Gasteiger partial charge is 0.247 e. The molecule has 0 amide bonds. The summed E-state index contributed by atoms with van der Waals surface area (Å²) in [6.07, 6.45) is 4.99. The Bertz CT molecular complexity index is 201. The van der Waals surface area contributed by atoms with Gasteiger partial charge >= 0.3 is 5.29 Å². The minimum Gasteiger partial charge on any atom is -0.247 e. The average Bonchev–Trinajstić information content (AvgIpc) is 2.54. The Morgan fingerprint density at radius 1 is 1.29 bits per heavy atom. The Labute approximate surface area is 92.6 Å². The summed E-state index contributed by atoms with van der Waals surface area (Å²) in [5, 5.41) is 0.979. The molecule has 1 aliphatic rings. The second kappa shape index (κ2) is 6.28. The molecule has 0 unspecified atom stereocenters. The summed E-state index contributed by atoms with van der Waals surface area (Å²) in [6.45, 7) is 8.92. The van der Waals surface area contributed by atoms with Crippen molar-refractivity contribution in [2.75, 3.05) is 26.2 Å². The van der Waals surface area contributed by atoms with Crippen molar-refractivity contribution in [3.63, 3.8) is 0 Å². The van der Waals surface area contributed by atoms with E-state index in [9.17, 15) is 0 Å². The van der Waals surface area contributed by atoms with Gasteiger partial charge < -0.3 is 0 Å². The van der Waals surface area contributed by atoms with Crippen molar-refractivity contribution in [3.8, 4) is 0 Å². The summed E-state index contributed by atoms with van der Waals surface area (Å²) in [7, 11) is 0. The predicted octanol–water partition coefficient (Wildman–Crippen LogP) is 2.51. The molecule has 3 heteroatoms. The van der Waals surface area contributed by atoms with Crippen molar-refractivity contribution in [3.05, 3.63) is 0 Å². The lowest BCUT2D eigenvalue weighted by Crippen LogP contribution is -2.26. The van der Waals surface area contributed by atoms with E-state index in [2.05, 4.69) is 23.3 Å². The average molecular weight is 218 g/mol. The molecular weight excluding hydrogens is 196 g/mol. The second-order valence-corrected chi connectivity index (χ2v) is 4.29. The first kappa shape index (κ1) is 11.8. The van der Waals surface area contributed by atoms with Gasteiger partial charge in [0.2, 0.25) is 0 Å². The van der Waals surface area contributed by atoms with E-state index < -0.39 is 0 Å². The maximum atomic E-state index is 6.28. The first-order valence-electron chi connectivity index (χ1n) is 5.82. The summed E-state index contributed by atoms with van der Waals surface area (Å²) in [5.41, 5.74) is 0. The summed E-state index contributed by atoms with van der Waals surface area (Å²) in [5.74, 6) is 0. The zero-order valence-electron chi connectivity index (χ0n) is 9.43. The molecule has 0 saturated heterocycles. The Hall–Kier alpha value is -0.240. The third-order valence-corrected chi connectivity index (χ3v) is 3.20. The minimum atomic E-state index is 0.979. The van der Waals surface area contributed by atoms with Crippen molar-refractivity contribution in [2.45, 2.75) is 39.5 Å². The zero-order valence-corrected chi connectivity index (χ0v) is 10.2. The highest BCUT2D eigenvalue weighted by atomic mass is 35.5. The molecule has 0 aromatic heterocycles. The molecule has 82 valence electrons. The van der Waals surface area contributed by atoms with Crippen LogP contribution in [0.4, 0.5) is 0 Å². The molecule has 1 aliphatic heterocycles. The van der Waals surface area contributed by atoms with Gasteiger partial charge in [-0.15, -0.1) is 0 Å². The molecule has 0 bridgehead atoms. The predicted molar refractivity (Wildman–Crippen MR) is 62.2 cm³/mol. The standard InChI is InChI=1S/C11H22ClN2/c1-3-5-7-13-9-10-14(11(13)12)8-6-4-2/h3-10H2,1-2H3/q+1. The lowest BCUT2D eigenvalue weighted by molar-refractivity contribution is -0.516. The molecule has 0 spiro atoms. The fraction of sp³-hybridized carbons (Fsp3) is 0.909. The van der Waals surface area contributed by atoms with E-state index in [0.29, 0.717) is 0 Å². The Morgan fingerprint density at radius 3 is 2.64 bits per heavy atom. The zero-order chi connectivity index (χ0) is 10.4. The van der Waals surface area contributed by atoms with Crippen LogP contribution in [0.1, 0.15) is 39.5 Å². The molecule has 0 aliphatic carbocycles. The highest BCUT2D eigenvalue weighted by molar-refractivity contribution is 6.63. The number of halogens is 1. The van der Waals surface area contributed by atoms with E-state index >= 15 is 0 Å². The number of hydrogen-bond donors (Lipinski definition) is 0. The van der Waals surface area contributed by atoms with Crippen LogP contribution in [-0.2, 0) is 0 Å². The first-order chi connectivity index (χ1) is 6.79. The van der Waals surface area contributed by atoms with Gasteiger partial charge in [0.15, 0.2) is 0 Å².